The van der Waals surface area contributed by atoms with Crippen LogP contribution in [0.1, 0.15) is 38.7 Å². The highest BCUT2D eigenvalue weighted by Gasteiger charge is 2.41. The van der Waals surface area contributed by atoms with Gasteiger partial charge in [0, 0.05) is 18.7 Å². The zero-order valence-electron chi connectivity index (χ0n) is 19.3. The fourth-order valence-corrected chi connectivity index (χ4v) is 4.61. The third-order valence-corrected chi connectivity index (χ3v) is 6.37. The molecule has 5 rings (SSSR count). The third-order valence-electron chi connectivity index (χ3n) is 6.37. The number of nitrogens with one attached hydrogen (secondary N) is 1. The number of hydrogen-bond donors (Lipinski definition) is 1. The van der Waals surface area contributed by atoms with Crippen LogP contribution in [0.15, 0.2) is 97.1 Å². The van der Waals surface area contributed by atoms with Gasteiger partial charge in [-0.2, -0.15) is 5.26 Å². The van der Waals surface area contributed by atoms with Crippen molar-refractivity contribution in [2.75, 3.05) is 0 Å². The Hall–Kier alpha value is -4.76. The zero-order valence-corrected chi connectivity index (χ0v) is 19.3. The third kappa shape index (κ3) is 4.35. The van der Waals surface area contributed by atoms with Gasteiger partial charge < -0.3 is 10.2 Å². The first-order valence-corrected chi connectivity index (χ1v) is 11.6. The van der Waals surface area contributed by atoms with E-state index in [-0.39, 0.29) is 30.5 Å². The van der Waals surface area contributed by atoms with Gasteiger partial charge in [-0.3, -0.25) is 9.59 Å². The van der Waals surface area contributed by atoms with E-state index in [0.29, 0.717) is 16.7 Å². The summed E-state index contributed by atoms with van der Waals surface area (Å²) in [6.45, 7) is 0.362. The van der Waals surface area contributed by atoms with E-state index < -0.39 is 11.9 Å². The standard InChI is InChI=1S/C30H22FN3O2/c31-27-15-14-20(16-23(27)17-32)18-33-29(35)28-25-12-6-7-13-26(25)30(36)34(28)19-22-10-4-5-11-24(22)21-8-2-1-3-9-21/h1-16,28H,18-19H2,(H,33,35). The molecule has 1 N–H and O–H groups in total. The van der Waals surface area contributed by atoms with E-state index >= 15 is 0 Å². The van der Waals surface area contributed by atoms with Gasteiger partial charge in [-0.05, 0) is 46.0 Å². The summed E-state index contributed by atoms with van der Waals surface area (Å²) in [4.78, 5) is 28.5. The number of halogens is 1. The Labute approximate surface area is 208 Å². The minimum absolute atomic E-state index is 0.0812. The van der Waals surface area contributed by atoms with Crippen molar-refractivity contribution >= 4 is 11.8 Å². The molecule has 1 heterocycles. The van der Waals surface area contributed by atoms with Gasteiger partial charge in [0.1, 0.15) is 17.9 Å². The van der Waals surface area contributed by atoms with Gasteiger partial charge in [-0.15, -0.1) is 0 Å². The second kappa shape index (κ2) is 9.85. The number of benzene rings is 4. The van der Waals surface area contributed by atoms with E-state index in [0.717, 1.165) is 16.7 Å². The van der Waals surface area contributed by atoms with E-state index in [2.05, 4.69) is 5.32 Å². The van der Waals surface area contributed by atoms with Crippen molar-refractivity contribution in [1.29, 1.82) is 5.26 Å². The lowest BCUT2D eigenvalue weighted by atomic mass is 9.99. The van der Waals surface area contributed by atoms with Crippen LogP contribution in [0.5, 0.6) is 0 Å². The lowest BCUT2D eigenvalue weighted by Gasteiger charge is -2.26. The van der Waals surface area contributed by atoms with Gasteiger partial charge in [0.15, 0.2) is 0 Å². The van der Waals surface area contributed by atoms with Crippen molar-refractivity contribution in [2.24, 2.45) is 0 Å². The van der Waals surface area contributed by atoms with Crippen LogP contribution in [-0.2, 0) is 17.9 Å². The molecule has 0 saturated heterocycles. The highest BCUT2D eigenvalue weighted by molar-refractivity contribution is 6.04. The van der Waals surface area contributed by atoms with Gasteiger partial charge in [0.2, 0.25) is 5.91 Å². The largest absolute Gasteiger partial charge is 0.350 e. The average molecular weight is 476 g/mol. The molecule has 4 aromatic rings. The van der Waals surface area contributed by atoms with Gasteiger partial charge in [-0.1, -0.05) is 78.9 Å². The number of carbonyl (C=O) groups excluding carboxylic acids is 2. The van der Waals surface area contributed by atoms with Crippen molar-refractivity contribution in [2.45, 2.75) is 19.1 Å². The smallest absolute Gasteiger partial charge is 0.255 e. The van der Waals surface area contributed by atoms with Crippen LogP contribution >= 0.6 is 0 Å². The summed E-state index contributed by atoms with van der Waals surface area (Å²) in [5.41, 5.74) is 4.62. The van der Waals surface area contributed by atoms with Gasteiger partial charge in [-0.25, -0.2) is 4.39 Å². The number of hydrogen-bond acceptors (Lipinski definition) is 3. The van der Waals surface area contributed by atoms with Gasteiger partial charge in [0.25, 0.3) is 5.91 Å². The van der Waals surface area contributed by atoms with E-state index in [9.17, 15) is 14.0 Å². The molecule has 4 aromatic carbocycles. The molecule has 0 spiro atoms. The summed E-state index contributed by atoms with van der Waals surface area (Å²) in [5, 5.41) is 12.0. The maximum Gasteiger partial charge on any atom is 0.255 e. The molecule has 1 aliphatic heterocycles. The monoisotopic (exact) mass is 475 g/mol. The van der Waals surface area contributed by atoms with Gasteiger partial charge >= 0.3 is 0 Å². The molecule has 2 amide bonds. The molecule has 0 radical (unpaired) electrons. The molecule has 1 unspecified atom stereocenters. The van der Waals surface area contributed by atoms with E-state index in [1.54, 1.807) is 23.1 Å². The number of rotatable bonds is 6. The minimum atomic E-state index is -0.812. The quantitative estimate of drug-likeness (QED) is 0.407. The Bertz CT molecular complexity index is 1490. The van der Waals surface area contributed by atoms with Gasteiger partial charge in [0.05, 0.1) is 5.56 Å². The SMILES string of the molecule is N#Cc1cc(CNC(=O)C2c3ccccc3C(=O)N2Cc2ccccc2-c2ccccc2)ccc1F. The van der Waals surface area contributed by atoms with Crippen LogP contribution in [0.25, 0.3) is 11.1 Å². The molecule has 5 nitrogen and oxygen atoms in total. The van der Waals surface area contributed by atoms with E-state index in [4.69, 9.17) is 5.26 Å². The Balaban J connectivity index is 1.44. The van der Waals surface area contributed by atoms with E-state index in [1.807, 2.05) is 66.7 Å². The lowest BCUT2D eigenvalue weighted by molar-refractivity contribution is -0.125. The zero-order chi connectivity index (χ0) is 25.1. The fourth-order valence-electron chi connectivity index (χ4n) is 4.61. The number of amides is 2. The van der Waals surface area contributed by atoms with Crippen LogP contribution in [-0.4, -0.2) is 16.7 Å². The molecule has 1 atom stereocenters. The second-order valence-electron chi connectivity index (χ2n) is 8.59. The summed E-state index contributed by atoms with van der Waals surface area (Å²) in [6, 6.07) is 30.0. The summed E-state index contributed by atoms with van der Waals surface area (Å²) in [7, 11) is 0. The molecular weight excluding hydrogens is 453 g/mol. The normalized spacial score (nSPS) is 14.3. The van der Waals surface area contributed by atoms with Crippen molar-refractivity contribution in [3.05, 3.63) is 131 Å². The average Bonchev–Trinajstić information content (AvgIpc) is 3.20. The van der Waals surface area contributed by atoms with Crippen LogP contribution in [0.3, 0.4) is 0 Å². The molecule has 0 saturated carbocycles. The molecule has 6 heteroatoms. The number of carbonyl (C=O) groups is 2. The van der Waals surface area contributed by atoms with Crippen molar-refractivity contribution in [1.82, 2.24) is 10.2 Å². The fraction of sp³-hybridized carbons (Fsp3) is 0.100. The molecule has 1 aliphatic rings. The molecule has 0 aromatic heterocycles. The number of nitriles is 1. The van der Waals surface area contributed by atoms with Crippen LogP contribution in [0, 0.1) is 17.1 Å². The maximum absolute atomic E-state index is 13.7. The molecule has 176 valence electrons. The second-order valence-corrected chi connectivity index (χ2v) is 8.59. The van der Waals surface area contributed by atoms with Crippen molar-refractivity contribution in [3.8, 4) is 17.2 Å². The molecule has 0 aliphatic carbocycles. The predicted octanol–water partition coefficient (Wildman–Crippen LogP) is 5.38. The minimum Gasteiger partial charge on any atom is -0.350 e. The van der Waals surface area contributed by atoms with Crippen LogP contribution < -0.4 is 5.32 Å². The highest BCUT2D eigenvalue weighted by Crippen LogP contribution is 2.36. The summed E-state index contributed by atoms with van der Waals surface area (Å²) in [6.07, 6.45) is 0. The summed E-state index contributed by atoms with van der Waals surface area (Å²) in [5.74, 6) is -1.15. The molecule has 0 fully saturated rings. The molecule has 36 heavy (non-hydrogen) atoms. The van der Waals surface area contributed by atoms with Crippen LogP contribution in [0.2, 0.25) is 0 Å². The summed E-state index contributed by atoms with van der Waals surface area (Å²) >= 11 is 0. The number of nitrogens with zero attached hydrogens (tertiary/aromatic N) is 2. The van der Waals surface area contributed by atoms with E-state index in [1.165, 1.54) is 18.2 Å². The predicted molar refractivity (Wildman–Crippen MR) is 134 cm³/mol. The Morgan fingerprint density at radius 2 is 1.61 bits per heavy atom. The van der Waals surface area contributed by atoms with Crippen LogP contribution in [0.4, 0.5) is 4.39 Å². The number of fused-ring (bicyclic) bond motifs is 1. The molecule has 0 bridgehead atoms. The van der Waals surface area contributed by atoms with Crippen molar-refractivity contribution in [3.63, 3.8) is 0 Å². The topological polar surface area (TPSA) is 73.2 Å². The Morgan fingerprint density at radius 3 is 2.39 bits per heavy atom. The first kappa shape index (κ1) is 23.0. The molecular formula is C30H22FN3O2. The van der Waals surface area contributed by atoms with Crippen molar-refractivity contribution < 1.29 is 14.0 Å². The first-order chi connectivity index (χ1) is 17.6. The Morgan fingerprint density at radius 1 is 0.917 bits per heavy atom. The maximum atomic E-state index is 13.7. The highest BCUT2D eigenvalue weighted by atomic mass is 19.1. The Kier molecular flexibility index (Phi) is 6.29. The first-order valence-electron chi connectivity index (χ1n) is 11.6. The lowest BCUT2D eigenvalue weighted by Crippen LogP contribution is -2.38. The summed E-state index contributed by atoms with van der Waals surface area (Å²) < 4.78 is 13.7.